The molecule has 0 fully saturated rings. The van der Waals surface area contributed by atoms with Gasteiger partial charge in [0.1, 0.15) is 11.6 Å². The molecule has 101 valence electrons. The van der Waals surface area contributed by atoms with Gasteiger partial charge < -0.3 is 0 Å². The number of hydrogen-bond acceptors (Lipinski definition) is 4. The summed E-state index contributed by atoms with van der Waals surface area (Å²) >= 11 is 14.2. The first-order chi connectivity index (χ1) is 8.93. The van der Waals surface area contributed by atoms with Gasteiger partial charge in [-0.1, -0.05) is 11.6 Å². The fourth-order valence-electron chi connectivity index (χ4n) is 1.26. The second kappa shape index (κ2) is 5.64. The zero-order chi connectivity index (χ0) is 14.2. The summed E-state index contributed by atoms with van der Waals surface area (Å²) in [6, 6.07) is 0. The molecule has 0 saturated heterocycles. The van der Waals surface area contributed by atoms with Crippen LogP contribution >= 0.6 is 39.1 Å². The number of anilines is 1. The van der Waals surface area contributed by atoms with E-state index in [1.54, 1.807) is 0 Å². The third-order valence-electron chi connectivity index (χ3n) is 2.06. The predicted octanol–water partition coefficient (Wildman–Crippen LogP) is 3.85. The van der Waals surface area contributed by atoms with Crippen molar-refractivity contribution < 1.29 is 13.2 Å². The summed E-state index contributed by atoms with van der Waals surface area (Å²) in [5.74, 6) is -1.57. The van der Waals surface area contributed by atoms with Gasteiger partial charge in [0, 0.05) is 0 Å². The molecule has 0 aromatic carbocycles. The second-order valence-corrected chi connectivity index (χ2v) is 4.73. The van der Waals surface area contributed by atoms with Gasteiger partial charge >= 0.3 is 6.08 Å². The summed E-state index contributed by atoms with van der Waals surface area (Å²) in [6.07, 6.45) is -2.39. The lowest BCUT2D eigenvalue weighted by molar-refractivity contribution is 0.534. The van der Waals surface area contributed by atoms with Crippen molar-refractivity contribution >= 4 is 51.0 Å². The highest BCUT2D eigenvalue weighted by atomic mass is 79.9. The van der Waals surface area contributed by atoms with Gasteiger partial charge in [-0.05, 0) is 15.9 Å². The summed E-state index contributed by atoms with van der Waals surface area (Å²) in [5.41, 5.74) is -0.0156. The molecule has 1 aromatic heterocycles. The number of halogens is 6. The lowest BCUT2D eigenvalue weighted by Gasteiger charge is -2.23. The van der Waals surface area contributed by atoms with E-state index in [0.717, 1.165) is 6.54 Å². The molecule has 0 atom stereocenters. The quantitative estimate of drug-likeness (QED) is 0.448. The maximum atomic E-state index is 13.6. The Hall–Kier alpha value is -0.860. The van der Waals surface area contributed by atoms with Gasteiger partial charge in [-0.3, -0.25) is 4.90 Å². The highest BCUT2D eigenvalue weighted by Gasteiger charge is 2.27. The van der Waals surface area contributed by atoms with E-state index in [-0.39, 0.29) is 26.9 Å². The van der Waals surface area contributed by atoms with Gasteiger partial charge in [0.15, 0.2) is 5.82 Å². The van der Waals surface area contributed by atoms with Crippen molar-refractivity contribution in [3.05, 3.63) is 33.8 Å². The van der Waals surface area contributed by atoms with Crippen molar-refractivity contribution in [2.45, 2.75) is 5.88 Å². The van der Waals surface area contributed by atoms with Crippen molar-refractivity contribution in [3.8, 4) is 0 Å². The van der Waals surface area contributed by atoms with Crippen LogP contribution in [-0.4, -0.2) is 16.1 Å². The summed E-state index contributed by atoms with van der Waals surface area (Å²) in [6.45, 7) is 0.976. The van der Waals surface area contributed by atoms with Crippen LogP contribution in [0.1, 0.15) is 5.69 Å². The van der Waals surface area contributed by atoms with E-state index in [1.807, 2.05) is 0 Å². The first-order valence-corrected chi connectivity index (χ1v) is 6.36. The Labute approximate surface area is 124 Å². The average molecular weight is 375 g/mol. The van der Waals surface area contributed by atoms with Crippen LogP contribution in [0.5, 0.6) is 0 Å². The number of alkyl halides is 1. The van der Waals surface area contributed by atoms with E-state index in [4.69, 9.17) is 23.2 Å². The molecule has 1 radical (unpaired) electrons. The monoisotopic (exact) mass is 373 g/mol. The number of nitrogens with zero attached hydrogens (tertiary/aromatic N) is 4. The van der Waals surface area contributed by atoms with Crippen LogP contribution in [0.25, 0.3) is 0 Å². The standard InChI is InChI=1S/C9H3BrCl2F3N4/c10-3-2-19(9(15)17-6(3)13)7-5(12)4(1-11)16-8(14)18-7/h2H,1H2. The summed E-state index contributed by atoms with van der Waals surface area (Å²) in [5, 5.41) is -0.152. The molecule has 0 N–H and O–H groups in total. The SMILES string of the molecule is FC1=NC(F)=C(Br)[CH]N1c1nc(F)nc(CCl)c1Cl. The van der Waals surface area contributed by atoms with Crippen LogP contribution in [-0.2, 0) is 5.88 Å². The Balaban J connectivity index is 2.50. The van der Waals surface area contributed by atoms with Crippen LogP contribution < -0.4 is 4.90 Å². The van der Waals surface area contributed by atoms with E-state index in [0.29, 0.717) is 4.90 Å². The van der Waals surface area contributed by atoms with Gasteiger partial charge in [-0.15, -0.1) is 11.6 Å². The van der Waals surface area contributed by atoms with Crippen LogP contribution in [0.4, 0.5) is 19.0 Å². The third kappa shape index (κ3) is 2.85. The number of rotatable bonds is 2. The zero-order valence-corrected chi connectivity index (χ0v) is 11.9. The first kappa shape index (κ1) is 14.5. The molecule has 2 heterocycles. The topological polar surface area (TPSA) is 41.4 Å². The Morgan fingerprint density at radius 1 is 1.26 bits per heavy atom. The Morgan fingerprint density at radius 2 is 1.95 bits per heavy atom. The van der Waals surface area contributed by atoms with E-state index >= 15 is 0 Å². The van der Waals surface area contributed by atoms with Crippen molar-refractivity contribution in [1.82, 2.24) is 9.97 Å². The molecule has 2 rings (SSSR count). The number of hydrogen-bond donors (Lipinski definition) is 0. The molecule has 1 aromatic rings. The van der Waals surface area contributed by atoms with Crippen LogP contribution in [0, 0.1) is 12.6 Å². The largest absolute Gasteiger partial charge is 0.310 e. The van der Waals surface area contributed by atoms with Crippen molar-refractivity contribution in [3.63, 3.8) is 0 Å². The van der Waals surface area contributed by atoms with Crippen LogP contribution in [0.2, 0.25) is 5.02 Å². The Morgan fingerprint density at radius 3 is 2.58 bits per heavy atom. The molecule has 1 aliphatic rings. The Bertz CT molecular complexity index is 593. The van der Waals surface area contributed by atoms with Gasteiger partial charge in [0.2, 0.25) is 5.95 Å². The predicted molar refractivity (Wildman–Crippen MR) is 68.9 cm³/mol. The van der Waals surface area contributed by atoms with Crippen molar-refractivity contribution in [1.29, 1.82) is 0 Å². The highest BCUT2D eigenvalue weighted by Crippen LogP contribution is 2.34. The lowest BCUT2D eigenvalue weighted by Crippen LogP contribution is -2.29. The molecule has 0 aliphatic carbocycles. The molecule has 0 spiro atoms. The van der Waals surface area contributed by atoms with Crippen LogP contribution in [0.3, 0.4) is 0 Å². The maximum Gasteiger partial charge on any atom is 0.310 e. The summed E-state index contributed by atoms with van der Waals surface area (Å²) in [4.78, 5) is 10.4. The minimum atomic E-state index is -1.25. The number of amidine groups is 1. The molecule has 10 heteroatoms. The lowest BCUT2D eigenvalue weighted by atomic mass is 10.3. The van der Waals surface area contributed by atoms with E-state index < -0.39 is 18.1 Å². The summed E-state index contributed by atoms with van der Waals surface area (Å²) in [7, 11) is 0. The van der Waals surface area contributed by atoms with Crippen molar-refractivity contribution in [2.75, 3.05) is 4.90 Å². The van der Waals surface area contributed by atoms with E-state index in [1.165, 1.54) is 0 Å². The molecule has 0 saturated carbocycles. The van der Waals surface area contributed by atoms with Gasteiger partial charge in [-0.25, -0.2) is 4.98 Å². The van der Waals surface area contributed by atoms with Crippen LogP contribution in [0.15, 0.2) is 15.4 Å². The number of aliphatic imine (C=N–C) groups is 1. The molecule has 0 unspecified atom stereocenters. The highest BCUT2D eigenvalue weighted by molar-refractivity contribution is 9.11. The van der Waals surface area contributed by atoms with Gasteiger partial charge in [0.25, 0.3) is 6.09 Å². The minimum Gasteiger partial charge on any atom is -0.274 e. The first-order valence-electron chi connectivity index (χ1n) is 4.65. The smallest absolute Gasteiger partial charge is 0.274 e. The van der Waals surface area contributed by atoms with E-state index in [9.17, 15) is 13.2 Å². The Kier molecular flexibility index (Phi) is 4.32. The molecule has 4 nitrogen and oxygen atoms in total. The zero-order valence-electron chi connectivity index (χ0n) is 8.84. The number of aromatic nitrogens is 2. The fraction of sp³-hybridized carbons (Fsp3) is 0.111. The molecular formula is C9H3BrCl2F3N4. The van der Waals surface area contributed by atoms with Gasteiger partial charge in [0.05, 0.1) is 16.1 Å². The maximum absolute atomic E-state index is 13.6. The molecule has 0 bridgehead atoms. The van der Waals surface area contributed by atoms with Gasteiger partial charge in [-0.2, -0.15) is 23.1 Å². The second-order valence-electron chi connectivity index (χ2n) is 3.23. The molecule has 19 heavy (non-hydrogen) atoms. The molecular weight excluding hydrogens is 372 g/mol. The molecule has 0 amide bonds. The fourth-order valence-corrected chi connectivity index (χ4v) is 2.05. The average Bonchev–Trinajstić information content (AvgIpc) is 2.36. The normalized spacial score (nSPS) is 15.9. The minimum absolute atomic E-state index is 0.0156. The summed E-state index contributed by atoms with van der Waals surface area (Å²) < 4.78 is 39.7. The third-order valence-corrected chi connectivity index (χ3v) is 3.23. The van der Waals surface area contributed by atoms with Crippen molar-refractivity contribution in [2.24, 2.45) is 4.99 Å². The van der Waals surface area contributed by atoms with E-state index in [2.05, 4.69) is 30.9 Å². The molecule has 1 aliphatic heterocycles.